The SMILES string of the molecule is O.O.O.O.O=C([O-])c1cccc2cc(O)ccc12.O=C([O-])c1cccc2cc(O)ccc12.O=C([O-])c1cccc2cc(O)ccc12.O=C([O-])c1cccc2cc(O)ccc12.[Cd+2].[Cd+2].c1cnc2c(c1)ccc1cccnc12.c1cnc2c(c1)ccc1cccnc12. The molecule has 0 spiro atoms. The van der Waals surface area contributed by atoms with Crippen molar-refractivity contribution in [2.24, 2.45) is 0 Å². The molecule has 0 aliphatic heterocycles. The van der Waals surface area contributed by atoms with Crippen LogP contribution in [0, 0.1) is 0 Å². The molecule has 0 aliphatic carbocycles. The van der Waals surface area contributed by atoms with Crippen LogP contribution in [0.3, 0.4) is 0 Å². The maximum Gasteiger partial charge on any atom is 2.00 e. The summed E-state index contributed by atoms with van der Waals surface area (Å²) >= 11 is 0. The van der Waals surface area contributed by atoms with Gasteiger partial charge in [0.2, 0.25) is 0 Å². The summed E-state index contributed by atoms with van der Waals surface area (Å²) in [5, 5.41) is 89.3. The third kappa shape index (κ3) is 17.9. The number of carboxylic acid groups (broad SMARTS) is 4. The Kier molecular flexibility index (Phi) is 28.1. The maximum absolute atomic E-state index is 10.7. The predicted octanol–water partition coefficient (Wildman–Crippen LogP) is 5.90. The molecule has 0 saturated heterocycles. The van der Waals surface area contributed by atoms with Gasteiger partial charge in [0, 0.05) is 68.6 Å². The third-order valence-corrected chi connectivity index (χ3v) is 13.0. The van der Waals surface area contributed by atoms with Gasteiger partial charge in [-0.05, 0) is 116 Å². The van der Waals surface area contributed by atoms with Crippen LogP contribution in [-0.2, 0) is 54.6 Å². The zero-order valence-corrected chi connectivity index (χ0v) is 55.4. The number of pyridine rings is 4. The summed E-state index contributed by atoms with van der Waals surface area (Å²) in [6, 6.07) is 61.8. The molecule has 90 heavy (non-hydrogen) atoms. The van der Waals surface area contributed by atoms with E-state index >= 15 is 0 Å². The Labute approximate surface area is 551 Å². The molecule has 4 heterocycles. The molecule has 14 aromatic rings. The predicted molar refractivity (Wildman–Crippen MR) is 328 cm³/mol. The second-order valence-electron chi connectivity index (χ2n) is 18.4. The molecule has 0 radical (unpaired) electrons. The Morgan fingerprint density at radius 2 is 0.444 bits per heavy atom. The van der Waals surface area contributed by atoms with Gasteiger partial charge in [-0.1, -0.05) is 146 Å². The number of benzene rings is 10. The number of fused-ring (bicyclic) bond motifs is 10. The number of phenols is 4. The normalized spacial score (nSPS) is 9.78. The van der Waals surface area contributed by atoms with Crippen LogP contribution in [0.2, 0.25) is 0 Å². The van der Waals surface area contributed by atoms with Crippen LogP contribution in [0.5, 0.6) is 23.0 Å². The first-order chi connectivity index (χ1) is 40.6. The average molecular weight is 1410 g/mol. The molecular weight excluding hydrogens is 1350 g/mol. The number of carbonyl (C=O) groups is 4. The van der Waals surface area contributed by atoms with Crippen LogP contribution in [0.4, 0.5) is 0 Å². The van der Waals surface area contributed by atoms with Crippen LogP contribution in [0.25, 0.3) is 86.7 Å². The molecule has 4 aromatic heterocycles. The number of carboxylic acids is 4. The first-order valence-electron chi connectivity index (χ1n) is 25.5. The van der Waals surface area contributed by atoms with Gasteiger partial charge in [0.1, 0.15) is 23.0 Å². The molecule has 20 nitrogen and oxygen atoms in total. The van der Waals surface area contributed by atoms with Gasteiger partial charge in [-0.15, -0.1) is 0 Å². The second kappa shape index (κ2) is 34.3. The summed E-state index contributed by atoms with van der Waals surface area (Å²) in [6.45, 7) is 0. The van der Waals surface area contributed by atoms with E-state index in [0.29, 0.717) is 43.1 Å². The van der Waals surface area contributed by atoms with E-state index < -0.39 is 23.9 Å². The van der Waals surface area contributed by atoms with E-state index in [1.807, 2.05) is 24.3 Å². The number of aromatic nitrogens is 4. The number of nitrogens with zero attached hydrogens (tertiary/aromatic N) is 4. The molecule has 22 heteroatoms. The zero-order valence-electron chi connectivity index (χ0n) is 47.4. The van der Waals surface area contributed by atoms with E-state index in [1.165, 1.54) is 72.8 Å². The number of carbonyl (C=O) groups excluding carboxylic acids is 4. The summed E-state index contributed by atoms with van der Waals surface area (Å²) < 4.78 is 0. The molecule has 0 aliphatic rings. The van der Waals surface area contributed by atoms with Crippen molar-refractivity contribution >= 4 is 111 Å². The van der Waals surface area contributed by atoms with Crippen LogP contribution < -0.4 is 20.4 Å². The van der Waals surface area contributed by atoms with E-state index in [-0.39, 0.29) is 122 Å². The van der Waals surface area contributed by atoms with Crippen LogP contribution in [-0.4, -0.2) is 86.1 Å². The summed E-state index contributed by atoms with van der Waals surface area (Å²) in [5.74, 6) is -4.35. The Hall–Kier alpha value is -10.4. The van der Waals surface area contributed by atoms with E-state index in [2.05, 4.69) is 68.5 Å². The fourth-order valence-corrected chi connectivity index (χ4v) is 9.16. The quantitative estimate of drug-likeness (QED) is 0.118. The largest absolute Gasteiger partial charge is 2.00 e. The van der Waals surface area contributed by atoms with E-state index in [1.54, 1.807) is 97.6 Å². The monoisotopic (exact) mass is 1410 g/mol. The fourth-order valence-electron chi connectivity index (χ4n) is 9.16. The molecule has 12 N–H and O–H groups in total. The van der Waals surface area contributed by atoms with Crippen molar-refractivity contribution in [2.45, 2.75) is 0 Å². The van der Waals surface area contributed by atoms with Gasteiger partial charge in [-0.2, -0.15) is 0 Å². The molecule has 444 valence electrons. The van der Waals surface area contributed by atoms with Gasteiger partial charge in [0.15, 0.2) is 0 Å². The zero-order chi connectivity index (χ0) is 59.3. The minimum absolute atomic E-state index is 0. The van der Waals surface area contributed by atoms with Crippen molar-refractivity contribution in [3.63, 3.8) is 0 Å². The molecule has 0 unspecified atom stereocenters. The Bertz CT molecular complexity index is 4210. The Morgan fingerprint density at radius 1 is 0.256 bits per heavy atom. The van der Waals surface area contributed by atoms with Gasteiger partial charge in [-0.25, -0.2) is 0 Å². The molecule has 0 saturated carbocycles. The number of rotatable bonds is 4. The van der Waals surface area contributed by atoms with Crippen LogP contribution in [0.1, 0.15) is 41.4 Å². The van der Waals surface area contributed by atoms with Gasteiger partial charge in [-0.3, -0.25) is 19.9 Å². The third-order valence-electron chi connectivity index (χ3n) is 13.0. The summed E-state index contributed by atoms with van der Waals surface area (Å²) in [5.41, 5.74) is 4.47. The Balaban J connectivity index is 0.000000278. The van der Waals surface area contributed by atoms with Crippen molar-refractivity contribution in [3.8, 4) is 23.0 Å². The van der Waals surface area contributed by atoms with Gasteiger partial charge in [0.25, 0.3) is 0 Å². The first-order valence-corrected chi connectivity index (χ1v) is 25.5. The van der Waals surface area contributed by atoms with Gasteiger partial charge >= 0.3 is 54.6 Å². The Morgan fingerprint density at radius 3 is 0.633 bits per heavy atom. The second-order valence-corrected chi connectivity index (χ2v) is 18.4. The van der Waals surface area contributed by atoms with Crippen molar-refractivity contribution in [1.29, 1.82) is 0 Å². The standard InChI is InChI=1S/2C12H8N2.4C11H8O3.2Cd.4H2O/c2*1-3-9-5-6-10-4-2-8-14-12(10)11(9)13-7-1;4*12-8-4-5-9-7(6-8)2-1-3-10(9)11(13)14;;;;;;/h2*1-8H;4*1-6,12H,(H,13,14);;;4*1H2/q;;;;;;2*+2;;;;/p-4. The number of hydrogen-bond donors (Lipinski definition) is 4. The van der Waals surface area contributed by atoms with Crippen LogP contribution in [0.15, 0.2) is 243 Å². The van der Waals surface area contributed by atoms with Crippen molar-refractivity contribution in [2.75, 3.05) is 0 Å². The molecule has 0 bridgehead atoms. The molecule has 0 amide bonds. The number of aromatic carboxylic acids is 4. The van der Waals surface area contributed by atoms with E-state index in [0.717, 1.165) is 43.6 Å². The summed E-state index contributed by atoms with van der Waals surface area (Å²) in [7, 11) is 0. The molecular formula is C68H52Cd2N4O16. The van der Waals surface area contributed by atoms with E-state index in [9.17, 15) is 60.0 Å². The summed E-state index contributed by atoms with van der Waals surface area (Å²) in [4.78, 5) is 60.3. The van der Waals surface area contributed by atoms with Crippen molar-refractivity contribution in [3.05, 3.63) is 265 Å². The smallest absolute Gasteiger partial charge is 0.545 e. The molecule has 14 rings (SSSR count). The van der Waals surface area contributed by atoms with Gasteiger partial charge in [0.05, 0.1) is 45.9 Å². The molecule has 0 atom stereocenters. The van der Waals surface area contributed by atoms with Crippen LogP contribution >= 0.6 is 0 Å². The number of phenolic OH excluding ortho intramolecular Hbond substituents is 4. The maximum atomic E-state index is 10.7. The van der Waals surface area contributed by atoms with E-state index in [4.69, 9.17) is 0 Å². The number of hydrogen-bond acceptors (Lipinski definition) is 16. The topological polar surface area (TPSA) is 419 Å². The average Bonchev–Trinajstić information content (AvgIpc) is 0.973. The minimum atomic E-state index is -1.21. The van der Waals surface area contributed by atoms with Crippen molar-refractivity contribution < 1.29 is 137 Å². The summed E-state index contributed by atoms with van der Waals surface area (Å²) in [6.07, 6.45) is 7.21. The molecule has 10 aromatic carbocycles. The van der Waals surface area contributed by atoms with Crippen molar-refractivity contribution in [1.82, 2.24) is 19.9 Å². The number of aromatic hydroxyl groups is 4. The molecule has 0 fully saturated rings. The minimum Gasteiger partial charge on any atom is -0.545 e. The first kappa shape index (κ1) is 73.9. The fraction of sp³-hybridized carbons (Fsp3) is 0. The van der Waals surface area contributed by atoms with Gasteiger partial charge < -0.3 is 81.9 Å².